The number of nitrogens with two attached hydrogens (primary N) is 2. The molecular weight excluding hydrogens is 140 g/mol. The highest BCUT2D eigenvalue weighted by Gasteiger charge is 2.00. The zero-order valence-corrected chi connectivity index (χ0v) is 6.96. The fraction of sp³-hybridized carbons (Fsp3) is 0.875. The minimum atomic E-state index is 0.235. The summed E-state index contributed by atoms with van der Waals surface area (Å²) in [4.78, 5) is 9.94. The zero-order chi connectivity index (χ0) is 8.53. The third-order valence-electron chi connectivity index (χ3n) is 1.68. The van der Waals surface area contributed by atoms with Crippen molar-refractivity contribution >= 4 is 6.29 Å². The van der Waals surface area contributed by atoms with Gasteiger partial charge in [0.1, 0.15) is 6.29 Å². The van der Waals surface area contributed by atoms with Crippen molar-refractivity contribution in [2.45, 2.75) is 38.1 Å². The minimum absolute atomic E-state index is 0.235. The van der Waals surface area contributed by atoms with Crippen LogP contribution in [0.2, 0.25) is 0 Å². The molecule has 0 bridgehead atoms. The Hall–Kier alpha value is -0.410. The van der Waals surface area contributed by atoms with Crippen LogP contribution in [0, 0.1) is 0 Å². The lowest BCUT2D eigenvalue weighted by Gasteiger charge is -2.08. The van der Waals surface area contributed by atoms with Crippen LogP contribution in [0.4, 0.5) is 0 Å². The van der Waals surface area contributed by atoms with Crippen molar-refractivity contribution < 1.29 is 4.79 Å². The van der Waals surface area contributed by atoms with Gasteiger partial charge in [0.05, 0.1) is 0 Å². The van der Waals surface area contributed by atoms with Crippen molar-refractivity contribution in [2.75, 3.05) is 6.54 Å². The molecule has 66 valence electrons. The van der Waals surface area contributed by atoms with Crippen LogP contribution in [0.1, 0.15) is 32.1 Å². The Balaban J connectivity index is 3.08. The summed E-state index contributed by atoms with van der Waals surface area (Å²) < 4.78 is 0. The van der Waals surface area contributed by atoms with E-state index in [2.05, 4.69) is 0 Å². The molecule has 0 aromatic rings. The number of aldehydes is 1. The normalized spacial score (nSPS) is 12.9. The third-order valence-corrected chi connectivity index (χ3v) is 1.68. The Morgan fingerprint density at radius 1 is 1.27 bits per heavy atom. The van der Waals surface area contributed by atoms with E-state index in [1.165, 1.54) is 0 Å². The molecule has 0 aliphatic rings. The molecular formula is C8H18N2O. The Morgan fingerprint density at radius 2 is 1.91 bits per heavy atom. The van der Waals surface area contributed by atoms with Crippen molar-refractivity contribution in [3.05, 3.63) is 0 Å². The largest absolute Gasteiger partial charge is 0.330 e. The van der Waals surface area contributed by atoms with Crippen molar-refractivity contribution in [2.24, 2.45) is 11.5 Å². The molecule has 4 N–H and O–H groups in total. The summed E-state index contributed by atoms with van der Waals surface area (Å²) >= 11 is 0. The van der Waals surface area contributed by atoms with Crippen LogP contribution in [0.5, 0.6) is 0 Å². The molecule has 0 aliphatic heterocycles. The summed E-state index contributed by atoms with van der Waals surface area (Å²) in [6.45, 7) is 0.710. The lowest BCUT2D eigenvalue weighted by Crippen LogP contribution is -2.20. The van der Waals surface area contributed by atoms with E-state index >= 15 is 0 Å². The van der Waals surface area contributed by atoms with E-state index in [-0.39, 0.29) is 6.04 Å². The second kappa shape index (κ2) is 7.69. The molecule has 0 fully saturated rings. The van der Waals surface area contributed by atoms with Crippen LogP contribution in [0.15, 0.2) is 0 Å². The monoisotopic (exact) mass is 158 g/mol. The SMILES string of the molecule is NCCCC(N)CCCC=O. The zero-order valence-electron chi connectivity index (χ0n) is 6.96. The standard InChI is InChI=1S/C8H18N2O/c9-6-3-5-8(10)4-1-2-7-11/h7-8H,1-6,9-10H2. The van der Waals surface area contributed by atoms with Crippen LogP contribution in [-0.2, 0) is 4.79 Å². The third kappa shape index (κ3) is 7.49. The van der Waals surface area contributed by atoms with E-state index in [4.69, 9.17) is 11.5 Å². The molecule has 0 aromatic carbocycles. The van der Waals surface area contributed by atoms with Gasteiger partial charge in [0, 0.05) is 12.5 Å². The van der Waals surface area contributed by atoms with Gasteiger partial charge >= 0.3 is 0 Å². The summed E-state index contributed by atoms with van der Waals surface area (Å²) in [6.07, 6.45) is 5.40. The van der Waals surface area contributed by atoms with Gasteiger partial charge < -0.3 is 16.3 Å². The van der Waals surface area contributed by atoms with Gasteiger partial charge in [-0.2, -0.15) is 0 Å². The molecule has 0 spiro atoms. The van der Waals surface area contributed by atoms with Crippen LogP contribution in [0.25, 0.3) is 0 Å². The quantitative estimate of drug-likeness (QED) is 0.417. The smallest absolute Gasteiger partial charge is 0.119 e. The first-order chi connectivity index (χ1) is 5.31. The number of hydrogen-bond acceptors (Lipinski definition) is 3. The van der Waals surface area contributed by atoms with Gasteiger partial charge in [-0.1, -0.05) is 0 Å². The Bertz CT molecular complexity index is 96.1. The molecule has 0 aliphatic carbocycles. The molecule has 11 heavy (non-hydrogen) atoms. The average Bonchev–Trinajstić information content (AvgIpc) is 2.01. The summed E-state index contributed by atoms with van der Waals surface area (Å²) in [5.74, 6) is 0. The molecule has 0 rings (SSSR count). The molecule has 0 aromatic heterocycles. The van der Waals surface area contributed by atoms with Crippen molar-refractivity contribution in [1.29, 1.82) is 0 Å². The van der Waals surface area contributed by atoms with Gasteiger partial charge in [0.2, 0.25) is 0 Å². The van der Waals surface area contributed by atoms with Crippen LogP contribution >= 0.6 is 0 Å². The molecule has 0 amide bonds. The minimum Gasteiger partial charge on any atom is -0.330 e. The van der Waals surface area contributed by atoms with Crippen LogP contribution < -0.4 is 11.5 Å². The van der Waals surface area contributed by atoms with Gasteiger partial charge in [-0.3, -0.25) is 0 Å². The van der Waals surface area contributed by atoms with E-state index in [0.717, 1.165) is 32.0 Å². The van der Waals surface area contributed by atoms with E-state index in [0.29, 0.717) is 13.0 Å². The fourth-order valence-corrected chi connectivity index (χ4v) is 0.988. The highest BCUT2D eigenvalue weighted by Crippen LogP contribution is 2.02. The van der Waals surface area contributed by atoms with Crippen LogP contribution in [-0.4, -0.2) is 18.9 Å². The van der Waals surface area contributed by atoms with Crippen molar-refractivity contribution in [1.82, 2.24) is 0 Å². The fourth-order valence-electron chi connectivity index (χ4n) is 0.988. The van der Waals surface area contributed by atoms with E-state index in [9.17, 15) is 4.79 Å². The predicted molar refractivity (Wildman–Crippen MR) is 46.2 cm³/mol. The Morgan fingerprint density at radius 3 is 2.45 bits per heavy atom. The second-order valence-corrected chi connectivity index (χ2v) is 2.79. The predicted octanol–water partition coefficient (Wildman–Crippen LogP) is 0.422. The van der Waals surface area contributed by atoms with Crippen molar-refractivity contribution in [3.63, 3.8) is 0 Å². The summed E-state index contributed by atoms with van der Waals surface area (Å²) in [5.41, 5.74) is 11.0. The highest BCUT2D eigenvalue weighted by molar-refractivity contribution is 5.48. The maximum Gasteiger partial charge on any atom is 0.119 e. The number of carbonyl (C=O) groups excluding carboxylic acids is 1. The van der Waals surface area contributed by atoms with Gasteiger partial charge in [0.25, 0.3) is 0 Å². The van der Waals surface area contributed by atoms with Gasteiger partial charge in [0.15, 0.2) is 0 Å². The number of unbranched alkanes of at least 4 members (excludes halogenated alkanes) is 1. The highest BCUT2D eigenvalue weighted by atomic mass is 16.1. The summed E-state index contributed by atoms with van der Waals surface area (Å²) in [7, 11) is 0. The number of carbonyl (C=O) groups is 1. The van der Waals surface area contributed by atoms with Crippen LogP contribution in [0.3, 0.4) is 0 Å². The summed E-state index contributed by atoms with van der Waals surface area (Å²) in [5, 5.41) is 0. The van der Waals surface area contributed by atoms with Crippen molar-refractivity contribution in [3.8, 4) is 0 Å². The lowest BCUT2D eigenvalue weighted by atomic mass is 10.1. The molecule has 0 saturated carbocycles. The molecule has 3 heteroatoms. The number of rotatable bonds is 7. The maximum atomic E-state index is 9.94. The maximum absolute atomic E-state index is 9.94. The molecule has 3 nitrogen and oxygen atoms in total. The Kier molecular flexibility index (Phi) is 7.41. The van der Waals surface area contributed by atoms with E-state index in [1.54, 1.807) is 0 Å². The van der Waals surface area contributed by atoms with E-state index in [1.807, 2.05) is 0 Å². The first kappa shape index (κ1) is 10.6. The lowest BCUT2D eigenvalue weighted by molar-refractivity contribution is -0.107. The topological polar surface area (TPSA) is 69.1 Å². The molecule has 0 radical (unpaired) electrons. The molecule has 0 saturated heterocycles. The molecule has 0 heterocycles. The second-order valence-electron chi connectivity index (χ2n) is 2.79. The molecule has 1 atom stereocenters. The first-order valence-corrected chi connectivity index (χ1v) is 4.20. The number of hydrogen-bond donors (Lipinski definition) is 2. The van der Waals surface area contributed by atoms with Gasteiger partial charge in [-0.15, -0.1) is 0 Å². The summed E-state index contributed by atoms with van der Waals surface area (Å²) in [6, 6.07) is 0.235. The molecule has 1 unspecified atom stereocenters. The first-order valence-electron chi connectivity index (χ1n) is 4.20. The van der Waals surface area contributed by atoms with Gasteiger partial charge in [-0.05, 0) is 32.2 Å². The van der Waals surface area contributed by atoms with Gasteiger partial charge in [-0.25, -0.2) is 0 Å². The average molecular weight is 158 g/mol. The Labute approximate surface area is 68.1 Å². The van der Waals surface area contributed by atoms with E-state index < -0.39 is 0 Å².